The van der Waals surface area contributed by atoms with Gasteiger partial charge in [0, 0.05) is 18.2 Å². The predicted molar refractivity (Wildman–Crippen MR) is 107 cm³/mol. The fourth-order valence-electron chi connectivity index (χ4n) is 2.89. The number of fused-ring (bicyclic) bond motifs is 2. The lowest BCUT2D eigenvalue weighted by molar-refractivity contribution is 0.317. The highest BCUT2D eigenvalue weighted by atomic mass is 32.1. The molecule has 2 N–H and O–H groups in total. The smallest absolute Gasteiger partial charge is 0.232 e. The van der Waals surface area contributed by atoms with Crippen LogP contribution in [0.4, 0.5) is 0 Å². The minimum Gasteiger partial charge on any atom is -0.480 e. The molecule has 0 bridgehead atoms. The molecule has 1 aromatic carbocycles. The third kappa shape index (κ3) is 3.29. The van der Waals surface area contributed by atoms with Gasteiger partial charge in [0.1, 0.15) is 22.0 Å². The van der Waals surface area contributed by atoms with E-state index in [1.807, 2.05) is 26.0 Å². The second kappa shape index (κ2) is 7.05. The molecule has 3 aromatic heterocycles. The van der Waals surface area contributed by atoms with Gasteiger partial charge in [-0.15, -0.1) is 0 Å². The van der Waals surface area contributed by atoms with Gasteiger partial charge in [0.15, 0.2) is 0 Å². The third-order valence-corrected chi connectivity index (χ3v) is 5.09. The summed E-state index contributed by atoms with van der Waals surface area (Å²) in [5, 5.41) is 0.852. The highest BCUT2D eigenvalue weighted by Gasteiger charge is 2.16. The van der Waals surface area contributed by atoms with E-state index >= 15 is 0 Å². The molecule has 27 heavy (non-hydrogen) atoms. The Balaban J connectivity index is 1.88. The van der Waals surface area contributed by atoms with Crippen LogP contribution in [0.3, 0.4) is 0 Å². The Hall–Kier alpha value is -2.84. The maximum Gasteiger partial charge on any atom is 0.232 e. The zero-order chi connectivity index (χ0) is 19.0. The molecule has 0 amide bonds. The normalized spacial score (nSPS) is 11.3. The molecule has 0 fully saturated rings. The molecular formula is C19H19N5O2S. The van der Waals surface area contributed by atoms with Gasteiger partial charge in [-0.2, -0.15) is 0 Å². The molecule has 138 valence electrons. The van der Waals surface area contributed by atoms with Crippen molar-refractivity contribution in [2.45, 2.75) is 13.8 Å². The topological polar surface area (TPSA) is 96.0 Å². The van der Waals surface area contributed by atoms with E-state index in [9.17, 15) is 0 Å². The molecule has 7 nitrogen and oxygen atoms in total. The first-order chi connectivity index (χ1) is 13.1. The van der Waals surface area contributed by atoms with Crippen molar-refractivity contribution in [2.24, 2.45) is 5.73 Å². The average molecular weight is 381 g/mol. The number of aromatic nitrogens is 4. The van der Waals surface area contributed by atoms with E-state index in [0.29, 0.717) is 24.9 Å². The summed E-state index contributed by atoms with van der Waals surface area (Å²) in [5.41, 5.74) is 11.0. The number of nitrogens with zero attached hydrogens (tertiary/aromatic N) is 4. The lowest BCUT2D eigenvalue weighted by atomic mass is 10.1. The molecule has 0 unspecified atom stereocenters. The van der Waals surface area contributed by atoms with Crippen molar-refractivity contribution in [1.29, 1.82) is 0 Å². The van der Waals surface area contributed by atoms with Crippen LogP contribution in [0.25, 0.3) is 32.0 Å². The van der Waals surface area contributed by atoms with Gasteiger partial charge in [0.05, 0.1) is 24.3 Å². The van der Waals surface area contributed by atoms with Crippen molar-refractivity contribution in [3.8, 4) is 22.3 Å². The quantitative estimate of drug-likeness (QED) is 0.567. The van der Waals surface area contributed by atoms with Crippen LogP contribution < -0.4 is 15.2 Å². The van der Waals surface area contributed by atoms with Crippen molar-refractivity contribution in [3.05, 3.63) is 35.5 Å². The number of hydrogen-bond donors (Lipinski definition) is 1. The lowest BCUT2D eigenvalue weighted by Gasteiger charge is -2.06. The number of thiazole rings is 1. The van der Waals surface area contributed by atoms with E-state index in [1.54, 1.807) is 13.3 Å². The van der Waals surface area contributed by atoms with Gasteiger partial charge in [-0.3, -0.25) is 0 Å². The lowest BCUT2D eigenvalue weighted by Crippen LogP contribution is -2.11. The fourth-order valence-corrected chi connectivity index (χ4v) is 3.92. The maximum absolute atomic E-state index is 5.58. The predicted octanol–water partition coefficient (Wildman–Crippen LogP) is 3.26. The SMILES string of the molecule is COc1cnc2c(-c3nc4c(C)cc(OCCN)nc4s3)cc(C)cc2n1. The van der Waals surface area contributed by atoms with Gasteiger partial charge < -0.3 is 15.2 Å². The molecule has 0 aliphatic heterocycles. The largest absolute Gasteiger partial charge is 0.480 e. The van der Waals surface area contributed by atoms with E-state index in [2.05, 4.69) is 21.0 Å². The second-order valence-corrected chi connectivity index (χ2v) is 7.16. The summed E-state index contributed by atoms with van der Waals surface area (Å²) in [5.74, 6) is 1.06. The van der Waals surface area contributed by atoms with E-state index < -0.39 is 0 Å². The van der Waals surface area contributed by atoms with E-state index in [4.69, 9.17) is 20.2 Å². The van der Waals surface area contributed by atoms with E-state index in [1.165, 1.54) is 11.3 Å². The number of pyridine rings is 1. The van der Waals surface area contributed by atoms with Gasteiger partial charge in [-0.1, -0.05) is 11.3 Å². The van der Waals surface area contributed by atoms with E-state index in [0.717, 1.165) is 43.1 Å². The van der Waals surface area contributed by atoms with Crippen molar-refractivity contribution < 1.29 is 9.47 Å². The van der Waals surface area contributed by atoms with Crippen molar-refractivity contribution in [3.63, 3.8) is 0 Å². The first kappa shape index (κ1) is 17.6. The standard InChI is InChI=1S/C19H19N5O2S/c1-10-6-12(17-13(7-10)22-15(25-3)9-21-17)18-24-16-11(2)8-14(26-5-4-20)23-19(16)27-18/h6-9H,4-5,20H2,1-3H3. The molecule has 0 spiro atoms. The summed E-state index contributed by atoms with van der Waals surface area (Å²) < 4.78 is 10.8. The van der Waals surface area contributed by atoms with E-state index in [-0.39, 0.29) is 0 Å². The molecule has 8 heteroatoms. The fraction of sp³-hybridized carbons (Fsp3) is 0.263. The molecule has 0 atom stereocenters. The summed E-state index contributed by atoms with van der Waals surface area (Å²) in [6.07, 6.45) is 1.62. The average Bonchev–Trinajstić information content (AvgIpc) is 3.09. The van der Waals surface area contributed by atoms with Gasteiger partial charge in [-0.05, 0) is 37.1 Å². The Labute approximate surface area is 160 Å². The Morgan fingerprint density at radius 3 is 2.67 bits per heavy atom. The zero-order valence-corrected chi connectivity index (χ0v) is 16.1. The van der Waals surface area contributed by atoms with Crippen LogP contribution >= 0.6 is 11.3 Å². The van der Waals surface area contributed by atoms with Gasteiger partial charge in [-0.25, -0.2) is 19.9 Å². The number of ether oxygens (including phenoxy) is 2. The summed E-state index contributed by atoms with van der Waals surface area (Å²) in [6.45, 7) is 4.91. The number of methoxy groups -OCH3 is 1. The molecule has 3 heterocycles. The van der Waals surface area contributed by atoms with Crippen LogP contribution in [0.15, 0.2) is 24.4 Å². The summed E-state index contributed by atoms with van der Waals surface area (Å²) in [4.78, 5) is 19.3. The van der Waals surface area contributed by atoms with Crippen molar-refractivity contribution in [1.82, 2.24) is 19.9 Å². The molecule has 0 aliphatic carbocycles. The number of nitrogens with two attached hydrogens (primary N) is 1. The van der Waals surface area contributed by atoms with Crippen molar-refractivity contribution in [2.75, 3.05) is 20.3 Å². The van der Waals surface area contributed by atoms with Crippen LogP contribution in [0.5, 0.6) is 11.8 Å². The van der Waals surface area contributed by atoms with Gasteiger partial charge >= 0.3 is 0 Å². The molecule has 4 aromatic rings. The number of aryl methyl sites for hydroxylation is 2. The first-order valence-electron chi connectivity index (χ1n) is 8.52. The van der Waals surface area contributed by atoms with Gasteiger partial charge in [0.2, 0.25) is 11.8 Å². The Morgan fingerprint density at radius 2 is 1.89 bits per heavy atom. The Bertz CT molecular complexity index is 1140. The van der Waals surface area contributed by atoms with Gasteiger partial charge in [0.25, 0.3) is 0 Å². The molecule has 0 saturated carbocycles. The number of benzene rings is 1. The molecular weight excluding hydrogens is 362 g/mol. The summed E-state index contributed by atoms with van der Waals surface area (Å²) >= 11 is 1.51. The number of hydrogen-bond acceptors (Lipinski definition) is 8. The Kier molecular flexibility index (Phi) is 4.59. The number of rotatable bonds is 5. The van der Waals surface area contributed by atoms with Crippen LogP contribution in [0.2, 0.25) is 0 Å². The maximum atomic E-state index is 5.58. The zero-order valence-electron chi connectivity index (χ0n) is 15.3. The second-order valence-electron chi connectivity index (χ2n) is 6.18. The highest BCUT2D eigenvalue weighted by molar-refractivity contribution is 7.21. The monoisotopic (exact) mass is 381 g/mol. The Morgan fingerprint density at radius 1 is 1.04 bits per heavy atom. The molecule has 0 aliphatic rings. The third-order valence-electron chi connectivity index (χ3n) is 4.11. The summed E-state index contributed by atoms with van der Waals surface area (Å²) in [6, 6.07) is 5.95. The summed E-state index contributed by atoms with van der Waals surface area (Å²) in [7, 11) is 1.58. The molecule has 0 saturated heterocycles. The van der Waals surface area contributed by atoms with Crippen LogP contribution in [-0.4, -0.2) is 40.2 Å². The van der Waals surface area contributed by atoms with Crippen LogP contribution in [0.1, 0.15) is 11.1 Å². The molecule has 0 radical (unpaired) electrons. The van der Waals surface area contributed by atoms with Crippen molar-refractivity contribution >= 4 is 32.7 Å². The highest BCUT2D eigenvalue weighted by Crippen LogP contribution is 2.35. The van der Waals surface area contributed by atoms with Crippen LogP contribution in [-0.2, 0) is 0 Å². The molecule has 4 rings (SSSR count). The first-order valence-corrected chi connectivity index (χ1v) is 9.33. The minimum atomic E-state index is 0.434. The van der Waals surface area contributed by atoms with Crippen LogP contribution in [0, 0.1) is 13.8 Å². The minimum absolute atomic E-state index is 0.434.